The highest BCUT2D eigenvalue weighted by molar-refractivity contribution is 6.32. The van der Waals surface area contributed by atoms with Crippen LogP contribution < -0.4 is 10.1 Å². The molecule has 0 unspecified atom stereocenters. The number of benzene rings is 3. The molecule has 0 atom stereocenters. The van der Waals surface area contributed by atoms with Gasteiger partial charge in [0.05, 0.1) is 5.02 Å². The fourth-order valence-corrected chi connectivity index (χ4v) is 3.00. The summed E-state index contributed by atoms with van der Waals surface area (Å²) in [5.41, 5.74) is 4.45. The summed E-state index contributed by atoms with van der Waals surface area (Å²) in [5, 5.41) is 4.73. The van der Waals surface area contributed by atoms with E-state index in [1.54, 1.807) is 0 Å². The van der Waals surface area contributed by atoms with Crippen LogP contribution in [-0.4, -0.2) is 0 Å². The Balaban J connectivity index is 1.61. The lowest BCUT2D eigenvalue weighted by atomic mass is 10.1. The number of nitrogens with one attached hydrogen (secondary N) is 1. The summed E-state index contributed by atoms with van der Waals surface area (Å²) in [6.07, 6.45) is 0. The van der Waals surface area contributed by atoms with Crippen LogP contribution in [0.4, 0.5) is 5.69 Å². The van der Waals surface area contributed by atoms with Crippen LogP contribution in [-0.2, 0) is 13.2 Å². The topological polar surface area (TPSA) is 21.3 Å². The van der Waals surface area contributed by atoms with Gasteiger partial charge in [0, 0.05) is 17.3 Å². The number of ether oxygens (including phenoxy) is 1. The lowest BCUT2D eigenvalue weighted by molar-refractivity contribution is 0.306. The molecule has 0 aromatic heterocycles. The number of para-hydroxylation sites is 1. The Morgan fingerprint density at radius 3 is 2.48 bits per heavy atom. The zero-order valence-corrected chi connectivity index (χ0v) is 15.4. The number of hydrogen-bond donors (Lipinski definition) is 1. The maximum Gasteiger partial charge on any atom is 0.138 e. The van der Waals surface area contributed by atoms with Gasteiger partial charge in [-0.3, -0.25) is 0 Å². The van der Waals surface area contributed by atoms with Crippen LogP contribution in [0, 0.1) is 6.92 Å². The van der Waals surface area contributed by atoms with Gasteiger partial charge in [0.1, 0.15) is 12.4 Å². The van der Waals surface area contributed by atoms with Gasteiger partial charge in [-0.1, -0.05) is 59.6 Å². The van der Waals surface area contributed by atoms with Crippen LogP contribution in [0.25, 0.3) is 0 Å². The van der Waals surface area contributed by atoms with Gasteiger partial charge >= 0.3 is 0 Å². The van der Waals surface area contributed by atoms with E-state index >= 15 is 0 Å². The molecule has 0 spiro atoms. The largest absolute Gasteiger partial charge is 0.487 e. The lowest BCUT2D eigenvalue weighted by Gasteiger charge is -2.12. The predicted octanol–water partition coefficient (Wildman–Crippen LogP) is 6.49. The fourth-order valence-electron chi connectivity index (χ4n) is 2.53. The second-order valence-electron chi connectivity index (χ2n) is 5.85. The van der Waals surface area contributed by atoms with Crippen molar-refractivity contribution in [3.05, 3.63) is 93.5 Å². The van der Waals surface area contributed by atoms with Crippen LogP contribution in [0.1, 0.15) is 16.7 Å². The smallest absolute Gasteiger partial charge is 0.138 e. The molecule has 0 fully saturated rings. The van der Waals surface area contributed by atoms with Crippen molar-refractivity contribution in [2.75, 3.05) is 5.32 Å². The first-order valence-electron chi connectivity index (χ1n) is 8.07. The zero-order chi connectivity index (χ0) is 17.6. The van der Waals surface area contributed by atoms with Gasteiger partial charge in [-0.15, -0.1) is 0 Å². The van der Waals surface area contributed by atoms with E-state index in [0.717, 1.165) is 16.8 Å². The second-order valence-corrected chi connectivity index (χ2v) is 6.70. The first-order valence-corrected chi connectivity index (χ1v) is 8.82. The fraction of sp³-hybridized carbons (Fsp3) is 0.143. The summed E-state index contributed by atoms with van der Waals surface area (Å²) in [7, 11) is 0. The summed E-state index contributed by atoms with van der Waals surface area (Å²) in [6.45, 7) is 3.22. The number of anilines is 1. The Kier molecular flexibility index (Phi) is 5.85. The van der Waals surface area contributed by atoms with Gasteiger partial charge in [0.15, 0.2) is 0 Å². The molecular formula is C21H19Cl2NO. The molecule has 4 heteroatoms. The van der Waals surface area contributed by atoms with E-state index in [2.05, 4.69) is 24.4 Å². The minimum atomic E-state index is 0.432. The van der Waals surface area contributed by atoms with Gasteiger partial charge in [0.25, 0.3) is 0 Å². The molecule has 0 aliphatic heterocycles. The molecule has 0 saturated carbocycles. The molecule has 2 nitrogen and oxygen atoms in total. The highest BCUT2D eigenvalue weighted by Crippen LogP contribution is 2.27. The second kappa shape index (κ2) is 8.28. The van der Waals surface area contributed by atoms with Gasteiger partial charge in [-0.25, -0.2) is 0 Å². The average molecular weight is 372 g/mol. The van der Waals surface area contributed by atoms with E-state index in [-0.39, 0.29) is 0 Å². The minimum absolute atomic E-state index is 0.432. The van der Waals surface area contributed by atoms with E-state index in [9.17, 15) is 0 Å². The van der Waals surface area contributed by atoms with Crippen molar-refractivity contribution in [2.24, 2.45) is 0 Å². The summed E-state index contributed by atoms with van der Waals surface area (Å²) >= 11 is 12.3. The molecule has 128 valence electrons. The highest BCUT2D eigenvalue weighted by Gasteiger charge is 2.05. The normalized spacial score (nSPS) is 10.5. The number of rotatable bonds is 6. The van der Waals surface area contributed by atoms with E-state index in [1.807, 2.05) is 54.6 Å². The Bertz CT molecular complexity index is 864. The standard InChI is InChI=1S/C21H19Cl2NO/c1-15-5-2-3-8-20(15)24-13-16-9-10-21(19(23)12-16)25-14-17-6-4-7-18(22)11-17/h2-12,24H,13-14H2,1H3. The first-order chi connectivity index (χ1) is 12.1. The van der Waals surface area contributed by atoms with Gasteiger partial charge in [0.2, 0.25) is 0 Å². The van der Waals surface area contributed by atoms with Crippen molar-refractivity contribution in [3.63, 3.8) is 0 Å². The number of hydrogen-bond acceptors (Lipinski definition) is 2. The summed E-state index contributed by atoms with van der Waals surface area (Å²) in [4.78, 5) is 0. The van der Waals surface area contributed by atoms with Crippen LogP contribution in [0.15, 0.2) is 66.7 Å². The third kappa shape index (κ3) is 4.91. The van der Waals surface area contributed by atoms with Gasteiger partial charge in [-0.05, 0) is 53.9 Å². The Labute approximate surface area is 158 Å². The summed E-state index contributed by atoms with van der Waals surface area (Å²) in [6, 6.07) is 21.7. The quantitative estimate of drug-likeness (QED) is 0.534. The van der Waals surface area contributed by atoms with E-state index in [4.69, 9.17) is 27.9 Å². The minimum Gasteiger partial charge on any atom is -0.487 e. The van der Waals surface area contributed by atoms with Crippen LogP contribution in [0.3, 0.4) is 0 Å². The SMILES string of the molecule is Cc1ccccc1NCc1ccc(OCc2cccc(Cl)c2)c(Cl)c1. The molecule has 0 amide bonds. The molecule has 3 rings (SSSR count). The lowest BCUT2D eigenvalue weighted by Crippen LogP contribution is -2.01. The van der Waals surface area contributed by atoms with Crippen molar-refractivity contribution in [1.82, 2.24) is 0 Å². The zero-order valence-electron chi connectivity index (χ0n) is 13.9. The van der Waals surface area contributed by atoms with Crippen molar-refractivity contribution < 1.29 is 4.74 Å². The summed E-state index contributed by atoms with van der Waals surface area (Å²) in [5.74, 6) is 0.668. The third-order valence-electron chi connectivity index (χ3n) is 3.91. The average Bonchev–Trinajstić information content (AvgIpc) is 2.60. The Morgan fingerprint density at radius 1 is 0.880 bits per heavy atom. The number of halogens is 2. The monoisotopic (exact) mass is 371 g/mol. The predicted molar refractivity (Wildman–Crippen MR) is 106 cm³/mol. The molecule has 1 N–H and O–H groups in total. The maximum absolute atomic E-state index is 6.36. The van der Waals surface area contributed by atoms with E-state index in [1.165, 1.54) is 5.56 Å². The van der Waals surface area contributed by atoms with E-state index < -0.39 is 0 Å². The Hall–Kier alpha value is -2.16. The maximum atomic E-state index is 6.36. The molecular weight excluding hydrogens is 353 g/mol. The van der Waals surface area contributed by atoms with Crippen molar-refractivity contribution in [3.8, 4) is 5.75 Å². The van der Waals surface area contributed by atoms with Crippen LogP contribution in [0.2, 0.25) is 10.0 Å². The van der Waals surface area contributed by atoms with Crippen molar-refractivity contribution in [1.29, 1.82) is 0 Å². The van der Waals surface area contributed by atoms with Gasteiger partial charge < -0.3 is 10.1 Å². The third-order valence-corrected chi connectivity index (χ3v) is 4.44. The van der Waals surface area contributed by atoms with Crippen molar-refractivity contribution in [2.45, 2.75) is 20.1 Å². The molecule has 3 aromatic carbocycles. The molecule has 25 heavy (non-hydrogen) atoms. The van der Waals surface area contributed by atoms with Gasteiger partial charge in [-0.2, -0.15) is 0 Å². The molecule has 0 radical (unpaired) electrons. The highest BCUT2D eigenvalue weighted by atomic mass is 35.5. The molecule has 0 aliphatic rings. The molecule has 0 saturated heterocycles. The molecule has 3 aromatic rings. The molecule has 0 bridgehead atoms. The van der Waals surface area contributed by atoms with Crippen molar-refractivity contribution >= 4 is 28.9 Å². The molecule has 0 aliphatic carbocycles. The Morgan fingerprint density at radius 2 is 1.72 bits per heavy atom. The number of aryl methyl sites for hydroxylation is 1. The van der Waals surface area contributed by atoms with E-state index in [0.29, 0.717) is 28.9 Å². The van der Waals surface area contributed by atoms with Crippen LogP contribution >= 0.6 is 23.2 Å². The summed E-state index contributed by atoms with van der Waals surface area (Å²) < 4.78 is 5.80. The molecule has 0 heterocycles. The first kappa shape index (κ1) is 17.7. The van der Waals surface area contributed by atoms with Crippen LogP contribution in [0.5, 0.6) is 5.75 Å².